The van der Waals surface area contributed by atoms with Crippen LogP contribution in [0.15, 0.2) is 54.6 Å². The van der Waals surface area contributed by atoms with E-state index in [4.69, 9.17) is 5.73 Å². The van der Waals surface area contributed by atoms with Crippen molar-refractivity contribution in [2.75, 3.05) is 18.4 Å². The third-order valence-corrected chi connectivity index (χ3v) is 4.71. The summed E-state index contributed by atoms with van der Waals surface area (Å²) in [7, 11) is 0. The number of hydrogen-bond donors (Lipinski definition) is 2. The van der Waals surface area contributed by atoms with Crippen molar-refractivity contribution in [3.05, 3.63) is 65.7 Å². The maximum Gasteiger partial charge on any atom is 0.255 e. The molecule has 1 aliphatic rings. The number of nitrogens with zero attached hydrogens (tertiary/aromatic N) is 1. The van der Waals surface area contributed by atoms with Gasteiger partial charge >= 0.3 is 0 Å². The first-order valence-electron chi connectivity index (χ1n) is 9.14. The van der Waals surface area contributed by atoms with Gasteiger partial charge in [0.2, 0.25) is 5.91 Å². The molecule has 0 aliphatic carbocycles. The van der Waals surface area contributed by atoms with Crippen LogP contribution in [0.1, 0.15) is 47.6 Å². The fourth-order valence-electron chi connectivity index (χ4n) is 3.27. The predicted molar refractivity (Wildman–Crippen MR) is 103 cm³/mol. The first-order chi connectivity index (χ1) is 12.6. The van der Waals surface area contributed by atoms with Gasteiger partial charge in [-0.05, 0) is 37.0 Å². The van der Waals surface area contributed by atoms with Crippen molar-refractivity contribution in [3.8, 4) is 0 Å². The first-order valence-corrected chi connectivity index (χ1v) is 9.14. The Morgan fingerprint density at radius 1 is 0.962 bits per heavy atom. The van der Waals surface area contributed by atoms with E-state index in [9.17, 15) is 9.59 Å². The predicted octanol–water partition coefficient (Wildman–Crippen LogP) is 3.34. The molecule has 5 nitrogen and oxygen atoms in total. The molecule has 3 rings (SSSR count). The number of nitrogens with two attached hydrogens (primary N) is 1. The van der Waals surface area contributed by atoms with E-state index in [-0.39, 0.29) is 24.3 Å². The number of piperidine rings is 1. The number of benzene rings is 2. The lowest BCUT2D eigenvalue weighted by Gasteiger charge is -2.27. The topological polar surface area (TPSA) is 75.4 Å². The maximum absolute atomic E-state index is 12.8. The standard InChI is InChI=1S/C21H25N3O2/c22-18(16-9-3-1-4-10-16)15-20(25)23-19-12-6-5-11-17(19)21(26)24-13-7-2-8-14-24/h1,3-6,9-12,18H,2,7-8,13-15,22H2,(H,23,25). The molecule has 1 saturated heterocycles. The van der Waals surface area contributed by atoms with Gasteiger partial charge in [-0.1, -0.05) is 42.5 Å². The Morgan fingerprint density at radius 2 is 1.62 bits per heavy atom. The van der Waals surface area contributed by atoms with Gasteiger partial charge in [-0.25, -0.2) is 0 Å². The smallest absolute Gasteiger partial charge is 0.255 e. The zero-order valence-corrected chi connectivity index (χ0v) is 14.9. The van der Waals surface area contributed by atoms with E-state index in [1.807, 2.05) is 47.4 Å². The van der Waals surface area contributed by atoms with E-state index in [2.05, 4.69) is 5.32 Å². The molecule has 26 heavy (non-hydrogen) atoms. The Balaban J connectivity index is 1.67. The molecular weight excluding hydrogens is 326 g/mol. The number of anilines is 1. The van der Waals surface area contributed by atoms with E-state index in [0.717, 1.165) is 31.5 Å². The Hall–Kier alpha value is -2.66. The van der Waals surface area contributed by atoms with Crippen molar-refractivity contribution in [1.29, 1.82) is 0 Å². The third-order valence-electron chi connectivity index (χ3n) is 4.71. The van der Waals surface area contributed by atoms with E-state index < -0.39 is 0 Å². The number of amides is 2. The molecule has 1 heterocycles. The van der Waals surface area contributed by atoms with Crippen LogP contribution in [0.25, 0.3) is 0 Å². The summed E-state index contributed by atoms with van der Waals surface area (Å²) in [5, 5.41) is 2.86. The second-order valence-electron chi connectivity index (χ2n) is 6.67. The molecule has 0 aromatic heterocycles. The van der Waals surface area contributed by atoms with Gasteiger partial charge in [-0.2, -0.15) is 0 Å². The molecule has 1 unspecified atom stereocenters. The van der Waals surface area contributed by atoms with Crippen LogP contribution in [-0.4, -0.2) is 29.8 Å². The number of nitrogens with one attached hydrogen (secondary N) is 1. The molecule has 2 aromatic rings. The summed E-state index contributed by atoms with van der Waals surface area (Å²) in [6.45, 7) is 1.56. The summed E-state index contributed by atoms with van der Waals surface area (Å²) in [6.07, 6.45) is 3.40. The number of rotatable bonds is 5. The van der Waals surface area contributed by atoms with Gasteiger partial charge in [-0.15, -0.1) is 0 Å². The lowest BCUT2D eigenvalue weighted by molar-refractivity contribution is -0.116. The van der Waals surface area contributed by atoms with Crippen molar-refractivity contribution in [3.63, 3.8) is 0 Å². The zero-order chi connectivity index (χ0) is 18.4. The van der Waals surface area contributed by atoms with Crippen LogP contribution in [0.5, 0.6) is 0 Å². The van der Waals surface area contributed by atoms with Crippen LogP contribution >= 0.6 is 0 Å². The zero-order valence-electron chi connectivity index (χ0n) is 14.9. The highest BCUT2D eigenvalue weighted by Gasteiger charge is 2.21. The van der Waals surface area contributed by atoms with E-state index >= 15 is 0 Å². The number of hydrogen-bond acceptors (Lipinski definition) is 3. The molecule has 0 spiro atoms. The lowest BCUT2D eigenvalue weighted by atomic mass is 10.0. The minimum absolute atomic E-state index is 0.0204. The molecule has 136 valence electrons. The summed E-state index contributed by atoms with van der Waals surface area (Å²) in [4.78, 5) is 27.1. The van der Waals surface area contributed by atoms with Crippen molar-refractivity contribution in [2.24, 2.45) is 5.73 Å². The highest BCUT2D eigenvalue weighted by Crippen LogP contribution is 2.21. The molecule has 1 aliphatic heterocycles. The molecule has 1 fully saturated rings. The third kappa shape index (κ3) is 4.49. The Labute approximate surface area is 154 Å². The largest absolute Gasteiger partial charge is 0.339 e. The normalized spacial score (nSPS) is 15.3. The summed E-state index contributed by atoms with van der Waals surface area (Å²) in [5.41, 5.74) is 8.13. The number of para-hydroxylation sites is 1. The van der Waals surface area contributed by atoms with Crippen molar-refractivity contribution < 1.29 is 9.59 Å². The molecule has 2 amide bonds. The summed E-state index contributed by atoms with van der Waals surface area (Å²) in [5.74, 6) is -0.215. The molecule has 5 heteroatoms. The lowest BCUT2D eigenvalue weighted by Crippen LogP contribution is -2.36. The van der Waals surface area contributed by atoms with Gasteiger partial charge < -0.3 is 16.0 Å². The minimum Gasteiger partial charge on any atom is -0.339 e. The van der Waals surface area contributed by atoms with Crippen LogP contribution < -0.4 is 11.1 Å². The fraction of sp³-hybridized carbons (Fsp3) is 0.333. The van der Waals surface area contributed by atoms with Crippen molar-refractivity contribution in [2.45, 2.75) is 31.7 Å². The van der Waals surface area contributed by atoms with Gasteiger partial charge in [0, 0.05) is 25.6 Å². The van der Waals surface area contributed by atoms with Crippen LogP contribution in [0, 0.1) is 0 Å². The van der Waals surface area contributed by atoms with Gasteiger partial charge in [-0.3, -0.25) is 9.59 Å². The second kappa shape index (κ2) is 8.63. The van der Waals surface area contributed by atoms with Gasteiger partial charge in [0.15, 0.2) is 0 Å². The van der Waals surface area contributed by atoms with Crippen LogP contribution in [0.3, 0.4) is 0 Å². The molecule has 2 aromatic carbocycles. The quantitative estimate of drug-likeness (QED) is 0.867. The molecule has 0 saturated carbocycles. The van der Waals surface area contributed by atoms with Gasteiger partial charge in [0.25, 0.3) is 5.91 Å². The Morgan fingerprint density at radius 3 is 2.35 bits per heavy atom. The summed E-state index contributed by atoms with van der Waals surface area (Å²) >= 11 is 0. The fourth-order valence-corrected chi connectivity index (χ4v) is 3.27. The van der Waals surface area contributed by atoms with Crippen LogP contribution in [0.2, 0.25) is 0 Å². The molecule has 3 N–H and O–H groups in total. The van der Waals surface area contributed by atoms with E-state index in [1.54, 1.807) is 12.1 Å². The molecule has 0 bridgehead atoms. The molecule has 1 atom stereocenters. The Kier molecular flexibility index (Phi) is 6.02. The molecular formula is C21H25N3O2. The van der Waals surface area contributed by atoms with Crippen molar-refractivity contribution in [1.82, 2.24) is 4.90 Å². The number of carbonyl (C=O) groups excluding carboxylic acids is 2. The maximum atomic E-state index is 12.8. The van der Waals surface area contributed by atoms with E-state index in [1.165, 1.54) is 6.42 Å². The van der Waals surface area contributed by atoms with E-state index in [0.29, 0.717) is 11.3 Å². The van der Waals surface area contributed by atoms with Crippen molar-refractivity contribution >= 4 is 17.5 Å². The summed E-state index contributed by atoms with van der Waals surface area (Å²) in [6, 6.07) is 16.3. The highest BCUT2D eigenvalue weighted by atomic mass is 16.2. The SMILES string of the molecule is NC(CC(=O)Nc1ccccc1C(=O)N1CCCCC1)c1ccccc1. The molecule has 0 radical (unpaired) electrons. The monoisotopic (exact) mass is 351 g/mol. The minimum atomic E-state index is -0.374. The van der Waals surface area contributed by atoms with Crippen LogP contribution in [-0.2, 0) is 4.79 Å². The average molecular weight is 351 g/mol. The van der Waals surface area contributed by atoms with Gasteiger partial charge in [0.1, 0.15) is 0 Å². The number of likely N-dealkylation sites (tertiary alicyclic amines) is 1. The summed E-state index contributed by atoms with van der Waals surface area (Å²) < 4.78 is 0. The Bertz CT molecular complexity index is 755. The first kappa shape index (κ1) is 18.1. The van der Waals surface area contributed by atoms with Crippen LogP contribution in [0.4, 0.5) is 5.69 Å². The average Bonchev–Trinajstić information content (AvgIpc) is 2.69. The number of carbonyl (C=O) groups is 2. The highest BCUT2D eigenvalue weighted by molar-refractivity contribution is 6.03. The van der Waals surface area contributed by atoms with Gasteiger partial charge in [0.05, 0.1) is 11.3 Å². The second-order valence-corrected chi connectivity index (χ2v) is 6.67.